The lowest BCUT2D eigenvalue weighted by atomic mass is 10.2. The van der Waals surface area contributed by atoms with E-state index in [1.807, 2.05) is 30.5 Å². The number of carbonyl (C=O) groups is 2. The van der Waals surface area contributed by atoms with Gasteiger partial charge in [0.2, 0.25) is 5.91 Å². The molecule has 1 aromatic carbocycles. The second kappa shape index (κ2) is 7.76. The number of carbonyl (C=O) groups excluding carboxylic acids is 1. The summed E-state index contributed by atoms with van der Waals surface area (Å²) >= 11 is 1.64. The Morgan fingerprint density at radius 2 is 2.00 bits per heavy atom. The number of nitrogens with one attached hydrogen (secondary N) is 1. The third-order valence-electron chi connectivity index (χ3n) is 2.46. The molecule has 0 aliphatic rings. The highest BCUT2D eigenvalue weighted by molar-refractivity contribution is 7.98. The molecule has 0 bridgehead atoms. The first-order valence-electron chi connectivity index (χ1n) is 5.74. The van der Waals surface area contributed by atoms with Crippen molar-refractivity contribution >= 4 is 23.6 Å². The normalized spacial score (nSPS) is 10.1. The van der Waals surface area contributed by atoms with Crippen LogP contribution in [-0.2, 0) is 16.1 Å². The molecule has 1 aromatic rings. The summed E-state index contributed by atoms with van der Waals surface area (Å²) in [6, 6.07) is 7.88. The van der Waals surface area contributed by atoms with Crippen LogP contribution in [0.4, 0.5) is 0 Å². The van der Waals surface area contributed by atoms with Crippen LogP contribution in [0, 0.1) is 0 Å². The van der Waals surface area contributed by atoms with Crippen LogP contribution in [0.2, 0.25) is 0 Å². The van der Waals surface area contributed by atoms with E-state index in [-0.39, 0.29) is 18.7 Å². The molecule has 4 nitrogen and oxygen atoms in total. The Morgan fingerprint density at radius 3 is 2.67 bits per heavy atom. The summed E-state index contributed by atoms with van der Waals surface area (Å²) < 4.78 is 0. The molecule has 0 spiro atoms. The summed E-state index contributed by atoms with van der Waals surface area (Å²) in [7, 11) is 0. The van der Waals surface area contributed by atoms with E-state index < -0.39 is 5.97 Å². The van der Waals surface area contributed by atoms with Gasteiger partial charge in [-0.15, -0.1) is 11.8 Å². The maximum Gasteiger partial charge on any atom is 0.303 e. The van der Waals surface area contributed by atoms with Gasteiger partial charge >= 0.3 is 5.97 Å². The van der Waals surface area contributed by atoms with Crippen molar-refractivity contribution in [1.82, 2.24) is 5.32 Å². The lowest BCUT2D eigenvalue weighted by Gasteiger charge is -2.08. The van der Waals surface area contributed by atoms with E-state index in [0.717, 1.165) is 10.5 Å². The molecule has 0 unspecified atom stereocenters. The fourth-order valence-corrected chi connectivity index (χ4v) is 2.15. The first-order valence-corrected chi connectivity index (χ1v) is 6.96. The lowest BCUT2D eigenvalue weighted by molar-refractivity contribution is -0.137. The SMILES string of the molecule is CSc1ccccc1CNC(=O)CCCC(=O)O. The summed E-state index contributed by atoms with van der Waals surface area (Å²) in [4.78, 5) is 22.9. The van der Waals surface area contributed by atoms with Crippen molar-refractivity contribution in [3.8, 4) is 0 Å². The molecule has 0 saturated carbocycles. The Balaban J connectivity index is 2.35. The van der Waals surface area contributed by atoms with E-state index in [2.05, 4.69) is 5.32 Å². The van der Waals surface area contributed by atoms with Crippen molar-refractivity contribution in [2.75, 3.05) is 6.26 Å². The van der Waals surface area contributed by atoms with Gasteiger partial charge in [0, 0.05) is 24.3 Å². The summed E-state index contributed by atoms with van der Waals surface area (Å²) in [5.41, 5.74) is 1.08. The number of carboxylic acids is 1. The number of hydrogen-bond acceptors (Lipinski definition) is 3. The Morgan fingerprint density at radius 1 is 1.28 bits per heavy atom. The second-order valence-corrected chi connectivity index (χ2v) is 4.68. The quantitative estimate of drug-likeness (QED) is 0.744. The van der Waals surface area contributed by atoms with Crippen LogP contribution in [0.25, 0.3) is 0 Å². The van der Waals surface area contributed by atoms with Crippen LogP contribution in [0.5, 0.6) is 0 Å². The zero-order valence-corrected chi connectivity index (χ0v) is 11.1. The molecule has 1 amide bonds. The van der Waals surface area contributed by atoms with Crippen LogP contribution in [0.15, 0.2) is 29.2 Å². The van der Waals surface area contributed by atoms with Crippen LogP contribution in [0.3, 0.4) is 0 Å². The van der Waals surface area contributed by atoms with Gasteiger partial charge in [0.15, 0.2) is 0 Å². The average molecular weight is 267 g/mol. The third-order valence-corrected chi connectivity index (χ3v) is 3.30. The van der Waals surface area contributed by atoms with Gasteiger partial charge in [-0.1, -0.05) is 18.2 Å². The monoisotopic (exact) mass is 267 g/mol. The Kier molecular flexibility index (Phi) is 6.28. The fraction of sp³-hybridized carbons (Fsp3) is 0.385. The number of carboxylic acid groups (broad SMARTS) is 1. The third kappa shape index (κ3) is 5.23. The van der Waals surface area contributed by atoms with Gasteiger partial charge in [-0.05, 0) is 24.3 Å². The number of thioether (sulfide) groups is 1. The molecule has 18 heavy (non-hydrogen) atoms. The summed E-state index contributed by atoms with van der Waals surface area (Å²) in [5, 5.41) is 11.3. The molecule has 5 heteroatoms. The molecule has 0 radical (unpaired) electrons. The predicted molar refractivity (Wildman–Crippen MR) is 71.6 cm³/mol. The lowest BCUT2D eigenvalue weighted by Crippen LogP contribution is -2.22. The highest BCUT2D eigenvalue weighted by Crippen LogP contribution is 2.19. The summed E-state index contributed by atoms with van der Waals surface area (Å²) in [5.74, 6) is -0.970. The van der Waals surface area contributed by atoms with Gasteiger partial charge in [-0.2, -0.15) is 0 Å². The molecule has 2 N–H and O–H groups in total. The van der Waals surface area contributed by atoms with Gasteiger partial charge in [-0.25, -0.2) is 0 Å². The van der Waals surface area contributed by atoms with Gasteiger partial charge in [0.25, 0.3) is 0 Å². The largest absolute Gasteiger partial charge is 0.481 e. The summed E-state index contributed by atoms with van der Waals surface area (Å²) in [6.45, 7) is 0.489. The molecular formula is C13H17NO3S. The van der Waals surface area contributed by atoms with Crippen LogP contribution in [-0.4, -0.2) is 23.2 Å². The van der Waals surface area contributed by atoms with Crippen molar-refractivity contribution in [2.45, 2.75) is 30.7 Å². The van der Waals surface area contributed by atoms with Crippen molar-refractivity contribution in [3.63, 3.8) is 0 Å². The highest BCUT2D eigenvalue weighted by Gasteiger charge is 2.05. The highest BCUT2D eigenvalue weighted by atomic mass is 32.2. The smallest absolute Gasteiger partial charge is 0.303 e. The minimum Gasteiger partial charge on any atom is -0.481 e. The van der Waals surface area contributed by atoms with Crippen LogP contribution < -0.4 is 5.32 Å². The Hall–Kier alpha value is -1.49. The molecule has 0 saturated heterocycles. The zero-order chi connectivity index (χ0) is 13.4. The minimum atomic E-state index is -0.865. The van der Waals surface area contributed by atoms with Gasteiger partial charge in [0.1, 0.15) is 0 Å². The van der Waals surface area contributed by atoms with Crippen LogP contribution in [0.1, 0.15) is 24.8 Å². The number of rotatable bonds is 7. The van der Waals surface area contributed by atoms with Crippen molar-refractivity contribution in [3.05, 3.63) is 29.8 Å². The maximum absolute atomic E-state index is 11.5. The first kappa shape index (κ1) is 14.6. The Bertz CT molecular complexity index is 420. The molecule has 0 heterocycles. The first-order chi connectivity index (χ1) is 8.63. The standard InChI is InChI=1S/C13H17NO3S/c1-18-11-6-3-2-5-10(11)9-14-12(15)7-4-8-13(16)17/h2-3,5-6H,4,7-9H2,1H3,(H,14,15)(H,16,17). The van der Waals surface area contributed by atoms with Gasteiger partial charge < -0.3 is 10.4 Å². The molecule has 98 valence electrons. The number of amides is 1. The minimum absolute atomic E-state index is 0.0365. The van der Waals surface area contributed by atoms with Crippen molar-refractivity contribution in [2.24, 2.45) is 0 Å². The van der Waals surface area contributed by atoms with E-state index >= 15 is 0 Å². The zero-order valence-electron chi connectivity index (χ0n) is 10.3. The van der Waals surface area contributed by atoms with E-state index in [4.69, 9.17) is 5.11 Å². The molecule has 0 atom stereocenters. The second-order valence-electron chi connectivity index (χ2n) is 3.84. The fourth-order valence-electron chi connectivity index (χ4n) is 1.53. The summed E-state index contributed by atoms with van der Waals surface area (Å²) in [6.07, 6.45) is 2.67. The van der Waals surface area contributed by atoms with Crippen LogP contribution >= 0.6 is 11.8 Å². The number of aliphatic carboxylic acids is 1. The molecule has 0 aliphatic heterocycles. The predicted octanol–water partition coefficient (Wildman–Crippen LogP) is 2.28. The average Bonchev–Trinajstić information content (AvgIpc) is 2.36. The molecule has 0 fully saturated rings. The topological polar surface area (TPSA) is 66.4 Å². The van der Waals surface area contributed by atoms with E-state index in [9.17, 15) is 9.59 Å². The van der Waals surface area contributed by atoms with Crippen molar-refractivity contribution < 1.29 is 14.7 Å². The Labute approximate surface area is 111 Å². The van der Waals surface area contributed by atoms with Gasteiger partial charge in [-0.3, -0.25) is 9.59 Å². The molecule has 1 rings (SSSR count). The van der Waals surface area contributed by atoms with E-state index in [1.165, 1.54) is 0 Å². The maximum atomic E-state index is 11.5. The molecule has 0 aromatic heterocycles. The van der Waals surface area contributed by atoms with Crippen molar-refractivity contribution in [1.29, 1.82) is 0 Å². The van der Waals surface area contributed by atoms with E-state index in [0.29, 0.717) is 13.0 Å². The molecule has 0 aliphatic carbocycles. The van der Waals surface area contributed by atoms with E-state index in [1.54, 1.807) is 11.8 Å². The number of benzene rings is 1. The number of hydrogen-bond donors (Lipinski definition) is 2. The van der Waals surface area contributed by atoms with Gasteiger partial charge in [0.05, 0.1) is 0 Å². The molecular weight excluding hydrogens is 250 g/mol.